The van der Waals surface area contributed by atoms with E-state index in [1.807, 2.05) is 30.3 Å². The van der Waals surface area contributed by atoms with Crippen LogP contribution in [0.25, 0.3) is 149 Å². The lowest BCUT2D eigenvalue weighted by Gasteiger charge is -2.11. The van der Waals surface area contributed by atoms with E-state index in [2.05, 4.69) is 180 Å². The average Bonchev–Trinajstić information content (AvgIpc) is 4.07. The van der Waals surface area contributed by atoms with E-state index >= 15 is 0 Å². The van der Waals surface area contributed by atoms with E-state index in [4.69, 9.17) is 23.8 Å². The van der Waals surface area contributed by atoms with Crippen LogP contribution in [0.4, 0.5) is 0 Å². The summed E-state index contributed by atoms with van der Waals surface area (Å²) >= 11 is 0. The van der Waals surface area contributed by atoms with Gasteiger partial charge in [0.05, 0.1) is 16.6 Å². The number of fused-ring (bicyclic) bond motifs is 15. The number of hydrogen-bond acceptors (Lipinski definition) is 5. The van der Waals surface area contributed by atoms with Crippen molar-refractivity contribution >= 4 is 109 Å². The molecule has 0 aliphatic rings. The molecule has 6 heteroatoms. The smallest absolute Gasteiger partial charge is 0.167 e. The summed E-state index contributed by atoms with van der Waals surface area (Å²) in [5.74, 6) is 1.66. The first kappa shape index (κ1) is 36.2. The molecule has 15 rings (SSSR count). The number of aromatic nitrogens is 4. The number of benzene rings is 11. The Bertz CT molecular complexity index is 4590. The standard InChI is InChI=1S/C61H34N4O2/c1-2-15-39-33-51-49(32-38(39)14-1)55-42-18-6-4-13-36(42)27-30-50(55)65(51)40-29-26-37-28-31-54-57(48(37)34-40)45-21-10-23-47(58(45)67-54)61-63-59(43-20-9-16-35-12-3-5-17-41(35)43)62-60(64-61)46-22-11-25-53-56(46)44-19-7-8-24-52(44)66-53/h1-34H. The zero-order valence-corrected chi connectivity index (χ0v) is 35.7. The highest BCUT2D eigenvalue weighted by molar-refractivity contribution is 6.24. The van der Waals surface area contributed by atoms with E-state index in [9.17, 15) is 0 Å². The van der Waals surface area contributed by atoms with Gasteiger partial charge in [-0.3, -0.25) is 0 Å². The highest BCUT2D eigenvalue weighted by Gasteiger charge is 2.23. The Morgan fingerprint density at radius 2 is 0.866 bits per heavy atom. The molecule has 11 aromatic carbocycles. The fourth-order valence-corrected chi connectivity index (χ4v) is 10.8. The lowest BCUT2D eigenvalue weighted by molar-refractivity contribution is 0.668. The summed E-state index contributed by atoms with van der Waals surface area (Å²) < 4.78 is 15.7. The van der Waals surface area contributed by atoms with Gasteiger partial charge in [-0.25, -0.2) is 15.0 Å². The zero-order chi connectivity index (χ0) is 43.7. The van der Waals surface area contributed by atoms with E-state index in [1.165, 1.54) is 43.4 Å². The summed E-state index contributed by atoms with van der Waals surface area (Å²) in [5.41, 5.74) is 9.11. The molecule has 0 amide bonds. The van der Waals surface area contributed by atoms with Gasteiger partial charge in [0, 0.05) is 49.1 Å². The van der Waals surface area contributed by atoms with Crippen LogP contribution in [0.1, 0.15) is 0 Å². The van der Waals surface area contributed by atoms with Crippen molar-refractivity contribution in [1.29, 1.82) is 0 Å². The molecule has 0 aliphatic heterocycles. The summed E-state index contributed by atoms with van der Waals surface area (Å²) in [7, 11) is 0. The van der Waals surface area contributed by atoms with Crippen molar-refractivity contribution in [3.8, 4) is 39.9 Å². The average molecular weight is 855 g/mol. The minimum Gasteiger partial charge on any atom is -0.456 e. The van der Waals surface area contributed by atoms with Crippen LogP contribution in [-0.2, 0) is 0 Å². The van der Waals surface area contributed by atoms with Gasteiger partial charge in [0.2, 0.25) is 0 Å². The summed E-state index contributed by atoms with van der Waals surface area (Å²) in [6, 6.07) is 72.8. The molecule has 0 saturated carbocycles. The van der Waals surface area contributed by atoms with Crippen LogP contribution in [-0.4, -0.2) is 19.5 Å². The van der Waals surface area contributed by atoms with Gasteiger partial charge in [0.25, 0.3) is 0 Å². The second kappa shape index (κ2) is 13.7. The van der Waals surface area contributed by atoms with Crippen LogP contribution in [0.2, 0.25) is 0 Å². The summed E-state index contributed by atoms with van der Waals surface area (Å²) in [6.07, 6.45) is 0. The van der Waals surface area contributed by atoms with Crippen molar-refractivity contribution in [1.82, 2.24) is 19.5 Å². The van der Waals surface area contributed by atoms with Crippen LogP contribution in [0.15, 0.2) is 215 Å². The molecule has 0 spiro atoms. The highest BCUT2D eigenvalue weighted by atomic mass is 16.3. The topological polar surface area (TPSA) is 69.9 Å². The van der Waals surface area contributed by atoms with Gasteiger partial charge >= 0.3 is 0 Å². The van der Waals surface area contributed by atoms with Gasteiger partial charge in [0.1, 0.15) is 22.3 Å². The molecule has 15 aromatic rings. The van der Waals surface area contributed by atoms with Crippen molar-refractivity contribution in [2.45, 2.75) is 0 Å². The Labute approximate surface area is 381 Å². The third kappa shape index (κ3) is 5.29. The van der Waals surface area contributed by atoms with Crippen LogP contribution in [0, 0.1) is 0 Å². The molecule has 0 unspecified atom stereocenters. The maximum absolute atomic E-state index is 6.97. The van der Waals surface area contributed by atoms with Crippen LogP contribution in [0.3, 0.4) is 0 Å². The molecule has 0 saturated heterocycles. The molecule has 0 bridgehead atoms. The summed E-state index contributed by atoms with van der Waals surface area (Å²) in [4.78, 5) is 15.9. The third-order valence-corrected chi connectivity index (χ3v) is 13.8. The molecule has 0 N–H and O–H groups in total. The van der Waals surface area contributed by atoms with Gasteiger partial charge in [-0.2, -0.15) is 0 Å². The number of rotatable bonds is 4. The summed E-state index contributed by atoms with van der Waals surface area (Å²) in [5, 5.41) is 15.8. The quantitative estimate of drug-likeness (QED) is 0.176. The van der Waals surface area contributed by atoms with Crippen molar-refractivity contribution in [3.05, 3.63) is 206 Å². The van der Waals surface area contributed by atoms with E-state index in [1.54, 1.807) is 0 Å². The first-order chi connectivity index (χ1) is 33.2. The minimum absolute atomic E-state index is 0.525. The van der Waals surface area contributed by atoms with E-state index in [-0.39, 0.29) is 0 Å². The molecule has 4 heterocycles. The van der Waals surface area contributed by atoms with Gasteiger partial charge in [-0.05, 0) is 97.7 Å². The number of nitrogens with zero attached hydrogens (tertiary/aromatic N) is 4. The van der Waals surface area contributed by atoms with Gasteiger partial charge < -0.3 is 13.4 Å². The van der Waals surface area contributed by atoms with Gasteiger partial charge in [-0.1, -0.05) is 152 Å². The molecule has 0 fully saturated rings. The maximum atomic E-state index is 6.97. The number of hydrogen-bond donors (Lipinski definition) is 0. The molecule has 0 radical (unpaired) electrons. The fourth-order valence-electron chi connectivity index (χ4n) is 10.8. The molecule has 67 heavy (non-hydrogen) atoms. The van der Waals surface area contributed by atoms with Crippen LogP contribution < -0.4 is 0 Å². The lowest BCUT2D eigenvalue weighted by atomic mass is 10.0. The van der Waals surface area contributed by atoms with Crippen molar-refractivity contribution in [2.24, 2.45) is 0 Å². The zero-order valence-electron chi connectivity index (χ0n) is 35.7. The minimum atomic E-state index is 0.525. The van der Waals surface area contributed by atoms with E-state index in [0.717, 1.165) is 87.8 Å². The lowest BCUT2D eigenvalue weighted by Crippen LogP contribution is -2.01. The Balaban J connectivity index is 0.978. The molecule has 4 aromatic heterocycles. The van der Waals surface area contributed by atoms with Gasteiger partial charge in [0.15, 0.2) is 17.5 Å². The number of para-hydroxylation sites is 2. The normalized spacial score (nSPS) is 12.2. The Hall–Kier alpha value is -9.13. The second-order valence-electron chi connectivity index (χ2n) is 17.5. The van der Waals surface area contributed by atoms with Crippen LogP contribution >= 0.6 is 0 Å². The second-order valence-corrected chi connectivity index (χ2v) is 17.5. The summed E-state index contributed by atoms with van der Waals surface area (Å²) in [6.45, 7) is 0. The molecule has 0 atom stereocenters. The van der Waals surface area contributed by atoms with Gasteiger partial charge in [-0.15, -0.1) is 0 Å². The first-order valence-corrected chi connectivity index (χ1v) is 22.6. The first-order valence-electron chi connectivity index (χ1n) is 22.6. The van der Waals surface area contributed by atoms with Crippen molar-refractivity contribution < 1.29 is 8.83 Å². The highest BCUT2D eigenvalue weighted by Crippen LogP contribution is 2.44. The molecule has 6 nitrogen and oxygen atoms in total. The predicted octanol–water partition coefficient (Wildman–Crippen LogP) is 16.4. The monoisotopic (exact) mass is 854 g/mol. The third-order valence-electron chi connectivity index (χ3n) is 13.8. The van der Waals surface area contributed by atoms with E-state index in [0.29, 0.717) is 17.5 Å². The molecular weight excluding hydrogens is 821 g/mol. The molecular formula is C61H34N4O2. The largest absolute Gasteiger partial charge is 0.456 e. The van der Waals surface area contributed by atoms with Crippen LogP contribution in [0.5, 0.6) is 0 Å². The van der Waals surface area contributed by atoms with Crippen molar-refractivity contribution in [3.63, 3.8) is 0 Å². The molecule has 0 aliphatic carbocycles. The Morgan fingerprint density at radius 3 is 1.73 bits per heavy atom. The Morgan fingerprint density at radius 1 is 0.299 bits per heavy atom. The Kier molecular flexibility index (Phi) is 7.40. The van der Waals surface area contributed by atoms with E-state index < -0.39 is 0 Å². The maximum Gasteiger partial charge on any atom is 0.167 e. The SMILES string of the molecule is c1ccc2cc3c(cc2c1)c1c2ccccc2ccc1n3-c1ccc2ccc3oc4c(-c5nc(-c6cccc7ccccc67)nc(-c6cccc7oc8ccccc8c67)n5)cccc4c3c2c1. The van der Waals surface area contributed by atoms with Crippen molar-refractivity contribution in [2.75, 3.05) is 0 Å². The molecule has 310 valence electrons. The predicted molar refractivity (Wildman–Crippen MR) is 275 cm³/mol. The number of furan rings is 2. The fraction of sp³-hybridized carbons (Fsp3) is 0.